The summed E-state index contributed by atoms with van der Waals surface area (Å²) in [5, 5.41) is 3.85. The fourth-order valence-electron chi connectivity index (χ4n) is 2.43. The van der Waals surface area contributed by atoms with Crippen LogP contribution in [0, 0.1) is 6.92 Å². The Hall–Kier alpha value is -1.88. The van der Waals surface area contributed by atoms with Crippen molar-refractivity contribution in [3.05, 3.63) is 45.8 Å². The number of anilines is 1. The fourth-order valence-corrected chi connectivity index (χ4v) is 3.06. The Morgan fingerprint density at radius 2 is 2.15 bits per heavy atom. The number of hydrogen-bond donors (Lipinski definition) is 0. The number of carbonyl (C=O) groups is 1. The van der Waals surface area contributed by atoms with Crippen LogP contribution in [0.5, 0.6) is 0 Å². The molecule has 0 unspecified atom stereocenters. The highest BCUT2D eigenvalue weighted by atomic mass is 32.1. The summed E-state index contributed by atoms with van der Waals surface area (Å²) in [7, 11) is 2.03. The van der Waals surface area contributed by atoms with Gasteiger partial charge >= 0.3 is 0 Å². The van der Waals surface area contributed by atoms with Crippen LogP contribution in [0.15, 0.2) is 29.0 Å². The van der Waals surface area contributed by atoms with Crippen LogP contribution in [0.25, 0.3) is 0 Å². The van der Waals surface area contributed by atoms with Crippen LogP contribution in [0.2, 0.25) is 0 Å². The number of rotatable bonds is 1. The minimum atomic E-state index is 0.105. The van der Waals surface area contributed by atoms with E-state index in [2.05, 4.69) is 16.0 Å². The van der Waals surface area contributed by atoms with Gasteiger partial charge < -0.3 is 9.80 Å². The largest absolute Gasteiger partial charge is 0.358 e. The number of amides is 1. The molecule has 0 fully saturated rings. The van der Waals surface area contributed by atoms with E-state index in [1.807, 2.05) is 41.8 Å². The molecular weight excluding hydrogens is 270 g/mol. The van der Waals surface area contributed by atoms with Crippen molar-refractivity contribution in [3.63, 3.8) is 0 Å². The maximum absolute atomic E-state index is 12.5. The van der Waals surface area contributed by atoms with Crippen LogP contribution < -0.4 is 4.90 Å². The maximum Gasteiger partial charge on any atom is 0.255 e. The number of aromatic nitrogens is 1. The molecule has 0 spiro atoms. The lowest BCUT2D eigenvalue weighted by molar-refractivity contribution is 0.0752. The average Bonchev–Trinajstić information content (AvgIpc) is 2.92. The van der Waals surface area contributed by atoms with Gasteiger partial charge in [0, 0.05) is 43.3 Å². The summed E-state index contributed by atoms with van der Waals surface area (Å²) in [6, 6.07) is 5.97. The Balaban J connectivity index is 1.90. The molecule has 0 saturated carbocycles. The van der Waals surface area contributed by atoms with E-state index in [1.165, 1.54) is 0 Å². The Labute approximate surface area is 122 Å². The van der Waals surface area contributed by atoms with E-state index in [0.29, 0.717) is 6.54 Å². The highest BCUT2D eigenvalue weighted by Crippen LogP contribution is 2.23. The molecule has 2 aromatic heterocycles. The lowest BCUT2D eigenvalue weighted by atomic mass is 10.2. The molecule has 0 atom stereocenters. The lowest BCUT2D eigenvalue weighted by Gasteiger charge is -2.20. The Morgan fingerprint density at radius 3 is 2.90 bits per heavy atom. The normalized spacial score (nSPS) is 14.9. The molecule has 0 N–H and O–H groups in total. The number of fused-ring (bicyclic) bond motifs is 1. The van der Waals surface area contributed by atoms with Gasteiger partial charge in [0.15, 0.2) is 0 Å². The highest BCUT2D eigenvalue weighted by molar-refractivity contribution is 7.08. The molecule has 0 saturated heterocycles. The van der Waals surface area contributed by atoms with Crippen molar-refractivity contribution in [2.75, 3.05) is 25.0 Å². The molecule has 1 aliphatic heterocycles. The standard InChI is InChI=1S/C15H17N3OS/c1-11-3-4-12-9-18(7-6-17(2)14(12)16-11)15(19)13-5-8-20-10-13/h3-5,8,10H,6-7,9H2,1-2H3. The van der Waals surface area contributed by atoms with Crippen LogP contribution in [-0.2, 0) is 6.54 Å². The molecular formula is C15H17N3OS. The first-order valence-electron chi connectivity index (χ1n) is 6.64. The minimum Gasteiger partial charge on any atom is -0.358 e. The fraction of sp³-hybridized carbons (Fsp3) is 0.333. The number of thiophene rings is 1. The number of aryl methyl sites for hydroxylation is 1. The number of hydrogen-bond acceptors (Lipinski definition) is 4. The first kappa shape index (κ1) is 13.1. The second-order valence-corrected chi connectivity index (χ2v) is 5.88. The van der Waals surface area contributed by atoms with Crippen LogP contribution in [0.1, 0.15) is 21.6 Å². The van der Waals surface area contributed by atoms with E-state index in [9.17, 15) is 4.79 Å². The predicted molar refractivity (Wildman–Crippen MR) is 81.3 cm³/mol. The van der Waals surface area contributed by atoms with Gasteiger partial charge in [-0.05, 0) is 24.4 Å². The second kappa shape index (κ2) is 5.25. The summed E-state index contributed by atoms with van der Waals surface area (Å²) in [6.45, 7) is 4.15. The van der Waals surface area contributed by atoms with E-state index < -0.39 is 0 Å². The Morgan fingerprint density at radius 1 is 1.30 bits per heavy atom. The molecule has 3 rings (SSSR count). The van der Waals surface area contributed by atoms with Gasteiger partial charge in [0.1, 0.15) is 5.82 Å². The molecule has 20 heavy (non-hydrogen) atoms. The minimum absolute atomic E-state index is 0.105. The second-order valence-electron chi connectivity index (χ2n) is 5.10. The molecule has 0 aromatic carbocycles. The van der Waals surface area contributed by atoms with Gasteiger partial charge in [-0.1, -0.05) is 6.07 Å². The quantitative estimate of drug-likeness (QED) is 0.809. The van der Waals surface area contributed by atoms with Gasteiger partial charge in [-0.3, -0.25) is 4.79 Å². The van der Waals surface area contributed by atoms with Crippen LogP contribution in [-0.4, -0.2) is 35.9 Å². The third-order valence-electron chi connectivity index (χ3n) is 3.58. The van der Waals surface area contributed by atoms with Crippen molar-refractivity contribution in [1.29, 1.82) is 0 Å². The van der Waals surface area contributed by atoms with Gasteiger partial charge in [-0.25, -0.2) is 4.98 Å². The van der Waals surface area contributed by atoms with Crippen molar-refractivity contribution >= 4 is 23.1 Å². The summed E-state index contributed by atoms with van der Waals surface area (Å²) in [6.07, 6.45) is 0. The van der Waals surface area contributed by atoms with Crippen LogP contribution in [0.4, 0.5) is 5.82 Å². The molecule has 4 nitrogen and oxygen atoms in total. The van der Waals surface area contributed by atoms with Crippen molar-refractivity contribution in [1.82, 2.24) is 9.88 Å². The number of pyridine rings is 1. The smallest absolute Gasteiger partial charge is 0.255 e. The van der Waals surface area contributed by atoms with Gasteiger partial charge in [-0.2, -0.15) is 11.3 Å². The van der Waals surface area contributed by atoms with E-state index in [0.717, 1.165) is 35.7 Å². The van der Waals surface area contributed by atoms with Crippen molar-refractivity contribution in [2.45, 2.75) is 13.5 Å². The Bertz CT molecular complexity index is 624. The molecule has 2 aromatic rings. The van der Waals surface area contributed by atoms with Gasteiger partial charge in [0.25, 0.3) is 5.91 Å². The molecule has 104 valence electrons. The first-order chi connectivity index (χ1) is 9.65. The number of nitrogens with zero attached hydrogens (tertiary/aromatic N) is 3. The van der Waals surface area contributed by atoms with E-state index in [-0.39, 0.29) is 5.91 Å². The van der Waals surface area contributed by atoms with Crippen LogP contribution in [0.3, 0.4) is 0 Å². The summed E-state index contributed by atoms with van der Waals surface area (Å²) >= 11 is 1.55. The summed E-state index contributed by atoms with van der Waals surface area (Å²) in [4.78, 5) is 21.1. The van der Waals surface area contributed by atoms with E-state index in [1.54, 1.807) is 11.3 Å². The zero-order valence-corrected chi connectivity index (χ0v) is 12.5. The van der Waals surface area contributed by atoms with Gasteiger partial charge in [0.05, 0.1) is 5.56 Å². The van der Waals surface area contributed by atoms with Crippen molar-refractivity contribution in [2.24, 2.45) is 0 Å². The summed E-state index contributed by atoms with van der Waals surface area (Å²) in [5.41, 5.74) is 2.90. The highest BCUT2D eigenvalue weighted by Gasteiger charge is 2.23. The Kier molecular flexibility index (Phi) is 3.44. The molecule has 1 amide bonds. The van der Waals surface area contributed by atoms with Crippen molar-refractivity contribution in [3.8, 4) is 0 Å². The summed E-state index contributed by atoms with van der Waals surface area (Å²) < 4.78 is 0. The maximum atomic E-state index is 12.5. The molecule has 0 aliphatic carbocycles. The molecule has 0 radical (unpaired) electrons. The lowest BCUT2D eigenvalue weighted by Crippen LogP contribution is -2.34. The monoisotopic (exact) mass is 287 g/mol. The topological polar surface area (TPSA) is 36.4 Å². The third-order valence-corrected chi connectivity index (χ3v) is 4.26. The first-order valence-corrected chi connectivity index (χ1v) is 7.58. The number of likely N-dealkylation sites (N-methyl/N-ethyl adjacent to an activating group) is 1. The molecule has 3 heterocycles. The van der Waals surface area contributed by atoms with Crippen molar-refractivity contribution < 1.29 is 4.79 Å². The van der Waals surface area contributed by atoms with Gasteiger partial charge in [-0.15, -0.1) is 0 Å². The summed E-state index contributed by atoms with van der Waals surface area (Å²) in [5.74, 6) is 1.10. The zero-order valence-electron chi connectivity index (χ0n) is 11.7. The predicted octanol–water partition coefficient (Wildman–Crippen LogP) is 2.54. The van der Waals surface area contributed by atoms with E-state index in [4.69, 9.17) is 0 Å². The SMILES string of the molecule is Cc1ccc2c(n1)N(C)CCN(C(=O)c1ccsc1)C2. The zero-order chi connectivity index (χ0) is 14.1. The molecule has 0 bridgehead atoms. The van der Waals surface area contributed by atoms with Crippen LogP contribution >= 0.6 is 11.3 Å². The molecule has 5 heteroatoms. The third kappa shape index (κ3) is 2.41. The van der Waals surface area contributed by atoms with Gasteiger partial charge in [0.2, 0.25) is 0 Å². The molecule has 1 aliphatic rings. The number of carbonyl (C=O) groups excluding carboxylic acids is 1. The average molecular weight is 287 g/mol. The van der Waals surface area contributed by atoms with E-state index >= 15 is 0 Å².